The number of benzene rings is 2. The van der Waals surface area contributed by atoms with E-state index >= 15 is 0 Å². The molecule has 2 aromatic rings. The summed E-state index contributed by atoms with van der Waals surface area (Å²) < 4.78 is 47.1. The second kappa shape index (κ2) is 8.90. The number of carboxylic acids is 1. The van der Waals surface area contributed by atoms with Crippen molar-refractivity contribution in [1.82, 2.24) is 10.6 Å². The highest BCUT2D eigenvalue weighted by Crippen LogP contribution is 2.44. The highest BCUT2D eigenvalue weighted by Gasteiger charge is 2.60. The molecular weight excluding hydrogens is 465 g/mol. The van der Waals surface area contributed by atoms with Gasteiger partial charge in [-0.1, -0.05) is 61.4 Å². The number of carboxylic acid groups (broad SMARTS) is 1. The number of amides is 2. The van der Waals surface area contributed by atoms with Crippen LogP contribution in [0.2, 0.25) is 0 Å². The molecule has 1 fully saturated rings. The van der Waals surface area contributed by atoms with E-state index < -0.39 is 35.2 Å². The van der Waals surface area contributed by atoms with Crippen LogP contribution in [0.15, 0.2) is 48.5 Å². The first-order valence-electron chi connectivity index (χ1n) is 11.2. The summed E-state index contributed by atoms with van der Waals surface area (Å²) in [5.74, 6) is -3.44. The number of rotatable bonds is 6. The Kier molecular flexibility index (Phi) is 6.25. The zero-order chi connectivity index (χ0) is 25.4. The van der Waals surface area contributed by atoms with Crippen molar-refractivity contribution in [3.05, 3.63) is 59.7 Å². The summed E-state index contributed by atoms with van der Waals surface area (Å²) in [6, 6.07) is 14.9. The number of nitrogens with one attached hydrogen (secondary N) is 2. The van der Waals surface area contributed by atoms with E-state index in [1.54, 1.807) is 5.32 Å². The number of fused-ring (bicyclic) bond motifs is 3. The van der Waals surface area contributed by atoms with E-state index in [4.69, 9.17) is 4.74 Å². The topological polar surface area (TPSA) is 105 Å². The zero-order valence-corrected chi connectivity index (χ0v) is 18.9. The molecule has 1 unspecified atom stereocenters. The van der Waals surface area contributed by atoms with Gasteiger partial charge in [-0.25, -0.2) is 9.59 Å². The zero-order valence-electron chi connectivity index (χ0n) is 18.9. The van der Waals surface area contributed by atoms with Crippen LogP contribution in [0, 0.1) is 0 Å². The highest BCUT2D eigenvalue weighted by molar-refractivity contribution is 5.95. The van der Waals surface area contributed by atoms with Gasteiger partial charge in [0.15, 0.2) is 0 Å². The SMILES string of the molecule is CC(NC(=O)OCC1c2ccccc2-c2ccccc21)(C(=O)NC1(C(=O)O)CCCC1)C(F)(F)F. The smallest absolute Gasteiger partial charge is 0.420 e. The Morgan fingerprint density at radius 1 is 1.00 bits per heavy atom. The largest absolute Gasteiger partial charge is 0.480 e. The van der Waals surface area contributed by atoms with Crippen LogP contribution in [-0.2, 0) is 14.3 Å². The molecule has 0 heterocycles. The van der Waals surface area contributed by atoms with Crippen molar-refractivity contribution < 1.29 is 37.4 Å². The lowest BCUT2D eigenvalue weighted by atomic mass is 9.93. The van der Waals surface area contributed by atoms with Crippen molar-refractivity contribution >= 4 is 18.0 Å². The first-order chi connectivity index (χ1) is 16.5. The molecular formula is C25H25F3N2O5. The van der Waals surface area contributed by atoms with Crippen molar-refractivity contribution in [1.29, 1.82) is 0 Å². The van der Waals surface area contributed by atoms with E-state index in [1.165, 1.54) is 0 Å². The normalized spacial score (nSPS) is 18.2. The number of hydrogen-bond acceptors (Lipinski definition) is 4. The quantitative estimate of drug-likeness (QED) is 0.558. The number of alkyl halides is 3. The number of carbonyl (C=O) groups excluding carboxylic acids is 2. The van der Waals surface area contributed by atoms with Gasteiger partial charge in [-0.15, -0.1) is 0 Å². The van der Waals surface area contributed by atoms with Gasteiger partial charge < -0.3 is 15.2 Å². The van der Waals surface area contributed by atoms with Crippen molar-refractivity contribution in [3.8, 4) is 11.1 Å². The van der Waals surface area contributed by atoms with Crippen molar-refractivity contribution in [2.75, 3.05) is 6.61 Å². The Balaban J connectivity index is 1.50. The maximum Gasteiger partial charge on any atom is 0.420 e. The molecule has 7 nitrogen and oxygen atoms in total. The Hall–Kier alpha value is -3.56. The van der Waals surface area contributed by atoms with Gasteiger partial charge in [0.2, 0.25) is 5.54 Å². The molecule has 3 N–H and O–H groups in total. The molecule has 0 saturated heterocycles. The molecule has 35 heavy (non-hydrogen) atoms. The minimum Gasteiger partial charge on any atom is -0.480 e. The van der Waals surface area contributed by atoms with Gasteiger partial charge >= 0.3 is 18.2 Å². The van der Waals surface area contributed by atoms with Gasteiger partial charge in [0.25, 0.3) is 5.91 Å². The molecule has 4 rings (SSSR count). The number of halogens is 3. The number of carbonyl (C=O) groups is 3. The number of hydrogen-bond donors (Lipinski definition) is 3. The minimum atomic E-state index is -5.21. The molecule has 186 valence electrons. The average molecular weight is 490 g/mol. The van der Waals surface area contributed by atoms with E-state index in [-0.39, 0.29) is 25.4 Å². The molecule has 0 aliphatic heterocycles. The Labute approximate surface area is 199 Å². The van der Waals surface area contributed by atoms with Crippen LogP contribution in [0.1, 0.15) is 49.7 Å². The lowest BCUT2D eigenvalue weighted by molar-refractivity contribution is -0.195. The van der Waals surface area contributed by atoms with Crippen LogP contribution < -0.4 is 10.6 Å². The predicted molar refractivity (Wildman–Crippen MR) is 120 cm³/mol. The molecule has 0 bridgehead atoms. The van der Waals surface area contributed by atoms with Crippen LogP contribution >= 0.6 is 0 Å². The van der Waals surface area contributed by atoms with Crippen LogP contribution in [-0.4, -0.2) is 46.9 Å². The first-order valence-corrected chi connectivity index (χ1v) is 11.2. The molecule has 2 aliphatic rings. The fraction of sp³-hybridized carbons (Fsp3) is 0.400. The van der Waals surface area contributed by atoms with Crippen LogP contribution in [0.25, 0.3) is 11.1 Å². The summed E-state index contributed by atoms with van der Waals surface area (Å²) >= 11 is 0. The van der Waals surface area contributed by atoms with Gasteiger partial charge in [0.1, 0.15) is 12.1 Å². The van der Waals surface area contributed by atoms with Gasteiger partial charge in [0, 0.05) is 5.92 Å². The minimum absolute atomic E-state index is 0.00690. The lowest BCUT2D eigenvalue weighted by Crippen LogP contribution is -2.69. The molecule has 0 radical (unpaired) electrons. The van der Waals surface area contributed by atoms with E-state index in [0.29, 0.717) is 19.8 Å². The third-order valence-corrected chi connectivity index (χ3v) is 6.94. The standard InChI is InChI=1S/C25H25F3N2O5/c1-23(25(26,27)28,20(31)29-24(21(32)33)12-6-7-13-24)30-22(34)35-14-19-17-10-4-2-8-15(17)16-9-3-5-11-18(16)19/h2-5,8-11,19H,6-7,12-14H2,1H3,(H,29,31)(H,30,34)(H,32,33). The number of aliphatic carboxylic acids is 1. The van der Waals surface area contributed by atoms with E-state index in [9.17, 15) is 32.7 Å². The van der Waals surface area contributed by atoms with E-state index in [2.05, 4.69) is 0 Å². The van der Waals surface area contributed by atoms with Crippen LogP contribution in [0.5, 0.6) is 0 Å². The summed E-state index contributed by atoms with van der Waals surface area (Å²) in [4.78, 5) is 36.9. The lowest BCUT2D eigenvalue weighted by Gasteiger charge is -2.35. The summed E-state index contributed by atoms with van der Waals surface area (Å²) in [6.45, 7) is 0.253. The van der Waals surface area contributed by atoms with Gasteiger partial charge in [-0.2, -0.15) is 13.2 Å². The van der Waals surface area contributed by atoms with E-state index in [0.717, 1.165) is 22.3 Å². The molecule has 2 aliphatic carbocycles. The van der Waals surface area contributed by atoms with Gasteiger partial charge in [-0.05, 0) is 42.0 Å². The average Bonchev–Trinajstić information content (AvgIpc) is 3.40. The van der Waals surface area contributed by atoms with Crippen LogP contribution in [0.4, 0.5) is 18.0 Å². The van der Waals surface area contributed by atoms with Crippen molar-refractivity contribution in [2.45, 2.75) is 55.8 Å². The molecule has 0 spiro atoms. The second-order valence-electron chi connectivity index (χ2n) is 9.12. The predicted octanol–water partition coefficient (Wildman–Crippen LogP) is 4.36. The summed E-state index contributed by atoms with van der Waals surface area (Å²) in [6.07, 6.45) is -5.72. The van der Waals surface area contributed by atoms with Crippen LogP contribution in [0.3, 0.4) is 0 Å². The summed E-state index contributed by atoms with van der Waals surface area (Å²) in [5.41, 5.74) is -1.53. The first kappa shape index (κ1) is 24.6. The van der Waals surface area contributed by atoms with Gasteiger partial charge in [0.05, 0.1) is 0 Å². The second-order valence-corrected chi connectivity index (χ2v) is 9.12. The molecule has 0 aromatic heterocycles. The Bertz CT molecular complexity index is 1110. The Morgan fingerprint density at radius 2 is 1.51 bits per heavy atom. The highest BCUT2D eigenvalue weighted by atomic mass is 19.4. The molecule has 1 saturated carbocycles. The molecule has 2 aromatic carbocycles. The Morgan fingerprint density at radius 3 is 2.00 bits per heavy atom. The number of alkyl carbamates (subject to hydrolysis) is 1. The number of ether oxygens (including phenoxy) is 1. The third-order valence-electron chi connectivity index (χ3n) is 6.94. The van der Waals surface area contributed by atoms with Gasteiger partial charge in [-0.3, -0.25) is 10.1 Å². The fourth-order valence-corrected chi connectivity index (χ4v) is 4.81. The van der Waals surface area contributed by atoms with E-state index in [1.807, 2.05) is 53.8 Å². The molecule has 2 amide bonds. The third kappa shape index (κ3) is 4.33. The fourth-order valence-electron chi connectivity index (χ4n) is 4.81. The maximum atomic E-state index is 14.0. The summed E-state index contributed by atoms with van der Waals surface area (Å²) in [7, 11) is 0. The molecule has 1 atom stereocenters. The molecule has 10 heteroatoms. The maximum absolute atomic E-state index is 14.0. The summed E-state index contributed by atoms with van der Waals surface area (Å²) in [5, 5.41) is 13.2. The van der Waals surface area contributed by atoms with Crippen molar-refractivity contribution in [2.24, 2.45) is 0 Å². The van der Waals surface area contributed by atoms with Crippen molar-refractivity contribution in [3.63, 3.8) is 0 Å². The monoisotopic (exact) mass is 490 g/mol.